The molecule has 0 radical (unpaired) electrons. The lowest BCUT2D eigenvalue weighted by Crippen LogP contribution is -2.28. The predicted octanol–water partition coefficient (Wildman–Crippen LogP) is 8.58. The maximum atomic E-state index is 14.8. The minimum atomic E-state index is -4.70. The Morgan fingerprint density at radius 2 is 1.20 bits per heavy atom. The molecule has 2 aliphatic heterocycles. The first-order valence-corrected chi connectivity index (χ1v) is 14.3. The van der Waals surface area contributed by atoms with Gasteiger partial charge in [-0.15, -0.1) is 0 Å². The van der Waals surface area contributed by atoms with Crippen molar-refractivity contribution in [3.8, 4) is 5.75 Å². The molecule has 2 saturated heterocycles. The van der Waals surface area contributed by atoms with E-state index in [0.717, 1.165) is 24.0 Å². The van der Waals surface area contributed by atoms with Crippen molar-refractivity contribution in [2.45, 2.75) is 57.2 Å². The van der Waals surface area contributed by atoms with Crippen molar-refractivity contribution in [2.24, 2.45) is 5.92 Å². The first-order chi connectivity index (χ1) is 21.1. The summed E-state index contributed by atoms with van der Waals surface area (Å²) in [6.07, 6.45) is -1.79. The van der Waals surface area contributed by atoms with Gasteiger partial charge in [-0.05, 0) is 24.1 Å². The van der Waals surface area contributed by atoms with Gasteiger partial charge < -0.3 is 23.7 Å². The van der Waals surface area contributed by atoms with Crippen LogP contribution in [0.3, 0.4) is 0 Å². The van der Waals surface area contributed by atoms with E-state index < -0.39 is 59.1 Å². The third kappa shape index (κ3) is 7.36. The molecule has 3 aromatic carbocycles. The monoisotopic (exact) mass is 628 g/mol. The molecule has 5 rings (SSSR count). The highest BCUT2D eigenvalue weighted by Gasteiger charge is 2.42. The summed E-state index contributed by atoms with van der Waals surface area (Å²) in [5.74, 6) is -9.95. The zero-order chi connectivity index (χ0) is 31.4. The summed E-state index contributed by atoms with van der Waals surface area (Å²) in [6, 6.07) is 9.02. The summed E-state index contributed by atoms with van der Waals surface area (Å²) in [6.45, 7) is 3.68. The van der Waals surface area contributed by atoms with Crippen LogP contribution in [0, 0.1) is 35.0 Å². The second-order valence-electron chi connectivity index (χ2n) is 10.9. The van der Waals surface area contributed by atoms with Crippen LogP contribution >= 0.6 is 0 Å². The van der Waals surface area contributed by atoms with E-state index in [1.807, 2.05) is 24.3 Å². The van der Waals surface area contributed by atoms with Gasteiger partial charge in [-0.2, -0.15) is 8.78 Å². The van der Waals surface area contributed by atoms with Crippen LogP contribution in [-0.4, -0.2) is 26.4 Å². The van der Waals surface area contributed by atoms with Crippen molar-refractivity contribution >= 4 is 0 Å². The standard InChI is InChI=1S/C32H31F7O5/c1-2-3-4-5-18-14-40-30(41-15-18)20-8-6-19(7-9-20)22-16-42-31(43-17-22)21-10-24(33)28(25(34)11-21)32(38,39)44-23-12-26(35)29(37)27(36)13-23/h6-13,18,22,30-31H,2-5,14-17H2,1H3. The molecule has 238 valence electrons. The van der Waals surface area contributed by atoms with E-state index in [0.29, 0.717) is 31.3 Å². The van der Waals surface area contributed by atoms with E-state index in [9.17, 15) is 30.7 Å². The molecule has 0 atom stereocenters. The maximum absolute atomic E-state index is 14.8. The van der Waals surface area contributed by atoms with E-state index >= 15 is 0 Å². The van der Waals surface area contributed by atoms with Crippen LogP contribution < -0.4 is 4.74 Å². The highest BCUT2D eigenvalue weighted by atomic mass is 19.3. The van der Waals surface area contributed by atoms with E-state index in [4.69, 9.17) is 18.9 Å². The Hall–Kier alpha value is -3.19. The first kappa shape index (κ1) is 32.2. The molecule has 0 spiro atoms. The third-order valence-electron chi connectivity index (χ3n) is 7.59. The molecule has 0 bridgehead atoms. The zero-order valence-corrected chi connectivity index (χ0v) is 23.8. The van der Waals surface area contributed by atoms with Gasteiger partial charge in [0, 0.05) is 35.1 Å². The van der Waals surface area contributed by atoms with Gasteiger partial charge in [0.15, 0.2) is 30.0 Å². The highest BCUT2D eigenvalue weighted by molar-refractivity contribution is 5.32. The summed E-state index contributed by atoms with van der Waals surface area (Å²) in [7, 11) is 0. The molecule has 2 fully saturated rings. The fraction of sp³-hybridized carbons (Fsp3) is 0.438. The van der Waals surface area contributed by atoms with E-state index in [1.54, 1.807) is 0 Å². The second kappa shape index (κ2) is 13.8. The molecule has 44 heavy (non-hydrogen) atoms. The van der Waals surface area contributed by atoms with Crippen LogP contribution in [0.15, 0.2) is 48.5 Å². The normalized spacial score (nSPS) is 22.6. The van der Waals surface area contributed by atoms with Gasteiger partial charge in [-0.1, -0.05) is 50.5 Å². The van der Waals surface area contributed by atoms with Gasteiger partial charge >= 0.3 is 6.11 Å². The molecule has 12 heteroatoms. The van der Waals surface area contributed by atoms with E-state index in [2.05, 4.69) is 11.7 Å². The Bertz CT molecular complexity index is 1370. The molecule has 0 amide bonds. The number of hydrogen-bond acceptors (Lipinski definition) is 5. The number of rotatable bonds is 10. The average Bonchev–Trinajstić information content (AvgIpc) is 3.00. The van der Waals surface area contributed by atoms with Crippen LogP contribution in [0.25, 0.3) is 0 Å². The molecular weight excluding hydrogens is 597 g/mol. The Morgan fingerprint density at radius 3 is 1.77 bits per heavy atom. The van der Waals surface area contributed by atoms with Crippen LogP contribution in [0.2, 0.25) is 0 Å². The smallest absolute Gasteiger partial charge is 0.429 e. The molecule has 0 aliphatic carbocycles. The lowest BCUT2D eigenvalue weighted by atomic mass is 9.98. The van der Waals surface area contributed by atoms with Crippen molar-refractivity contribution in [3.05, 3.63) is 99.9 Å². The minimum absolute atomic E-state index is 0.117. The number of halogens is 7. The fourth-order valence-corrected chi connectivity index (χ4v) is 5.20. The zero-order valence-electron chi connectivity index (χ0n) is 23.8. The number of hydrogen-bond donors (Lipinski definition) is 0. The molecule has 2 heterocycles. The van der Waals surface area contributed by atoms with Gasteiger partial charge in [-0.3, -0.25) is 0 Å². The molecular formula is C32H31F7O5. The summed E-state index contributed by atoms with van der Waals surface area (Å²) >= 11 is 0. The number of benzene rings is 3. The lowest BCUT2D eigenvalue weighted by Gasteiger charge is -2.31. The van der Waals surface area contributed by atoms with Crippen molar-refractivity contribution in [2.75, 3.05) is 26.4 Å². The van der Waals surface area contributed by atoms with Crippen molar-refractivity contribution in [1.82, 2.24) is 0 Å². The van der Waals surface area contributed by atoms with Gasteiger partial charge in [0.1, 0.15) is 22.9 Å². The fourth-order valence-electron chi connectivity index (χ4n) is 5.20. The van der Waals surface area contributed by atoms with Crippen LogP contribution in [0.5, 0.6) is 5.75 Å². The number of ether oxygens (including phenoxy) is 5. The second-order valence-corrected chi connectivity index (χ2v) is 10.9. The van der Waals surface area contributed by atoms with Crippen molar-refractivity contribution < 1.29 is 54.4 Å². The molecule has 0 N–H and O–H groups in total. The predicted molar refractivity (Wildman–Crippen MR) is 143 cm³/mol. The molecule has 2 aliphatic rings. The van der Waals surface area contributed by atoms with Gasteiger partial charge in [0.2, 0.25) is 0 Å². The Balaban J connectivity index is 1.17. The largest absolute Gasteiger partial charge is 0.432 e. The topological polar surface area (TPSA) is 46.2 Å². The third-order valence-corrected chi connectivity index (χ3v) is 7.59. The Kier molecular flexibility index (Phi) is 10.1. The Labute approximate surface area is 249 Å². The van der Waals surface area contributed by atoms with Crippen LogP contribution in [0.1, 0.15) is 73.4 Å². The van der Waals surface area contributed by atoms with Crippen LogP contribution in [-0.2, 0) is 25.1 Å². The maximum Gasteiger partial charge on any atom is 0.432 e. The van der Waals surface area contributed by atoms with Crippen LogP contribution in [0.4, 0.5) is 30.7 Å². The van der Waals surface area contributed by atoms with E-state index in [1.165, 1.54) is 12.8 Å². The Morgan fingerprint density at radius 1 is 0.682 bits per heavy atom. The van der Waals surface area contributed by atoms with E-state index in [-0.39, 0.29) is 36.8 Å². The molecule has 3 aromatic rings. The molecule has 5 nitrogen and oxygen atoms in total. The quantitative estimate of drug-likeness (QED) is 0.128. The van der Waals surface area contributed by atoms with Gasteiger partial charge in [-0.25, -0.2) is 22.0 Å². The van der Waals surface area contributed by atoms with Gasteiger partial charge in [0.05, 0.1) is 26.4 Å². The summed E-state index contributed by atoms with van der Waals surface area (Å²) in [4.78, 5) is 0. The first-order valence-electron chi connectivity index (χ1n) is 14.3. The lowest BCUT2D eigenvalue weighted by molar-refractivity contribution is -0.206. The van der Waals surface area contributed by atoms with Gasteiger partial charge in [0.25, 0.3) is 0 Å². The average molecular weight is 629 g/mol. The van der Waals surface area contributed by atoms with Crippen molar-refractivity contribution in [3.63, 3.8) is 0 Å². The number of alkyl halides is 2. The highest BCUT2D eigenvalue weighted by Crippen LogP contribution is 2.39. The summed E-state index contributed by atoms with van der Waals surface area (Å²) in [5, 5.41) is 0. The molecule has 0 aromatic heterocycles. The SMILES string of the molecule is CCCCCC1COC(c2ccc(C3COC(c4cc(F)c(C(F)(F)Oc5cc(F)c(F)c(F)c5)c(F)c4)OC3)cc2)OC1. The minimum Gasteiger partial charge on any atom is -0.429 e. The molecule has 0 unspecified atom stereocenters. The number of unbranched alkanes of at least 4 members (excludes halogenated alkanes) is 2. The summed E-state index contributed by atoms with van der Waals surface area (Å²) < 4.78 is 126. The van der Waals surface area contributed by atoms with Crippen molar-refractivity contribution in [1.29, 1.82) is 0 Å². The summed E-state index contributed by atoms with van der Waals surface area (Å²) in [5.41, 5.74) is -0.249. The molecule has 0 saturated carbocycles.